The minimum absolute atomic E-state index is 0.603. The van der Waals surface area contributed by atoms with Gasteiger partial charge in [-0.1, -0.05) is 172 Å². The molecule has 0 unspecified atom stereocenters. The second-order valence-electron chi connectivity index (χ2n) is 20.8. The van der Waals surface area contributed by atoms with E-state index in [0.717, 1.165) is 121 Å². The Morgan fingerprint density at radius 1 is 0.288 bits per heavy atom. The molecule has 13 aromatic rings. The highest BCUT2D eigenvalue weighted by atomic mass is 16.3. The first-order valence-electron chi connectivity index (χ1n) is 26.6. The molecule has 0 bridgehead atoms. The summed E-state index contributed by atoms with van der Waals surface area (Å²) in [6.07, 6.45) is 12.9. The molecule has 10 aromatic carbocycles. The molecule has 0 spiro atoms. The highest BCUT2D eigenvalue weighted by Gasteiger charge is 2.28. The summed E-state index contributed by atoms with van der Waals surface area (Å²) in [6, 6.07) is 70.9. The van der Waals surface area contributed by atoms with Crippen LogP contribution >= 0.6 is 0 Å². The number of para-hydroxylation sites is 4. The second-order valence-corrected chi connectivity index (χ2v) is 20.8. The van der Waals surface area contributed by atoms with E-state index in [2.05, 4.69) is 204 Å². The van der Waals surface area contributed by atoms with Crippen molar-refractivity contribution in [2.45, 2.75) is 76.0 Å². The van der Waals surface area contributed by atoms with Crippen molar-refractivity contribution in [1.82, 2.24) is 0 Å². The molecule has 0 N–H and O–H groups in total. The predicted octanol–water partition coefficient (Wildman–Crippen LogP) is 20.7. The van der Waals surface area contributed by atoms with Crippen molar-refractivity contribution < 1.29 is 13.3 Å². The fraction of sp³-hybridized carbons (Fsp3) is 0.176. The lowest BCUT2D eigenvalue weighted by Gasteiger charge is -2.28. The van der Waals surface area contributed by atoms with Crippen molar-refractivity contribution in [2.75, 3.05) is 9.80 Å². The molecule has 2 aliphatic carbocycles. The van der Waals surface area contributed by atoms with Crippen LogP contribution in [0.3, 0.4) is 0 Å². The van der Waals surface area contributed by atoms with E-state index in [4.69, 9.17) is 13.3 Å². The highest BCUT2D eigenvalue weighted by Crippen LogP contribution is 2.52. The molecule has 2 fully saturated rings. The fourth-order valence-electron chi connectivity index (χ4n) is 13.1. The van der Waals surface area contributed by atoms with Crippen LogP contribution in [0.25, 0.3) is 87.4 Å². The van der Waals surface area contributed by atoms with Gasteiger partial charge in [-0.05, 0) is 108 Å². The van der Waals surface area contributed by atoms with Gasteiger partial charge in [-0.3, -0.25) is 0 Å². The molecule has 0 radical (unpaired) electrons. The number of nitrogens with zero attached hydrogens (tertiary/aromatic N) is 2. The molecule has 15 rings (SSSR count). The van der Waals surface area contributed by atoms with E-state index in [1.165, 1.54) is 75.3 Å². The Balaban J connectivity index is 0.971. The molecular weight excluding hydrogens is 893 g/mol. The number of benzene rings is 10. The number of fused-ring (bicyclic) bond motifs is 13. The van der Waals surface area contributed by atoms with E-state index < -0.39 is 0 Å². The molecule has 3 heterocycles. The van der Waals surface area contributed by atoms with E-state index in [0.29, 0.717) is 11.8 Å². The van der Waals surface area contributed by atoms with Gasteiger partial charge in [-0.25, -0.2) is 0 Å². The van der Waals surface area contributed by atoms with Crippen LogP contribution in [0, 0.1) is 0 Å². The molecule has 0 atom stereocenters. The van der Waals surface area contributed by atoms with Gasteiger partial charge in [0.2, 0.25) is 0 Å². The molecular formula is C68H54N2O3. The summed E-state index contributed by atoms with van der Waals surface area (Å²) in [7, 11) is 0. The number of rotatable bonds is 8. The van der Waals surface area contributed by atoms with Crippen LogP contribution in [0.15, 0.2) is 207 Å². The summed E-state index contributed by atoms with van der Waals surface area (Å²) in [4.78, 5) is 4.81. The molecule has 354 valence electrons. The van der Waals surface area contributed by atoms with Gasteiger partial charge < -0.3 is 23.1 Å². The van der Waals surface area contributed by atoms with Crippen molar-refractivity contribution in [1.29, 1.82) is 0 Å². The molecule has 0 amide bonds. The molecule has 0 saturated heterocycles. The van der Waals surface area contributed by atoms with Gasteiger partial charge in [0, 0.05) is 66.6 Å². The third-order valence-corrected chi connectivity index (χ3v) is 16.6. The maximum atomic E-state index is 7.36. The van der Waals surface area contributed by atoms with Crippen LogP contribution < -0.4 is 9.80 Å². The molecule has 2 saturated carbocycles. The average molecular weight is 947 g/mol. The molecule has 5 heteroatoms. The maximum Gasteiger partial charge on any atom is 0.159 e. The van der Waals surface area contributed by atoms with Gasteiger partial charge in [0.05, 0.1) is 22.7 Å². The summed E-state index contributed by atoms with van der Waals surface area (Å²) in [5, 5.41) is 11.1. The Morgan fingerprint density at radius 2 is 0.658 bits per heavy atom. The largest absolute Gasteiger partial charge is 0.456 e. The Kier molecular flexibility index (Phi) is 9.99. The van der Waals surface area contributed by atoms with Crippen molar-refractivity contribution in [3.05, 3.63) is 205 Å². The van der Waals surface area contributed by atoms with E-state index in [-0.39, 0.29) is 0 Å². The van der Waals surface area contributed by atoms with E-state index in [9.17, 15) is 0 Å². The molecule has 5 nitrogen and oxygen atoms in total. The van der Waals surface area contributed by atoms with Crippen LogP contribution in [0.1, 0.15) is 87.2 Å². The zero-order valence-corrected chi connectivity index (χ0v) is 40.8. The number of hydrogen-bond donors (Lipinski definition) is 0. The van der Waals surface area contributed by atoms with Gasteiger partial charge in [0.1, 0.15) is 22.3 Å². The van der Waals surface area contributed by atoms with Crippen molar-refractivity contribution in [3.8, 4) is 0 Å². The Bertz CT molecular complexity index is 3970. The molecule has 0 aliphatic heterocycles. The normalized spacial score (nSPS) is 15.0. The number of furan rings is 3. The van der Waals surface area contributed by atoms with E-state index in [1.807, 2.05) is 0 Å². The Hall–Kier alpha value is -8.28. The first-order valence-corrected chi connectivity index (χ1v) is 26.6. The fourth-order valence-corrected chi connectivity index (χ4v) is 13.1. The summed E-state index contributed by atoms with van der Waals surface area (Å²) >= 11 is 0. The minimum atomic E-state index is 0.603. The van der Waals surface area contributed by atoms with Gasteiger partial charge in [-0.2, -0.15) is 0 Å². The third kappa shape index (κ3) is 6.89. The lowest BCUT2D eigenvalue weighted by atomic mass is 9.84. The van der Waals surface area contributed by atoms with Gasteiger partial charge in [0.25, 0.3) is 0 Å². The topological polar surface area (TPSA) is 45.9 Å². The zero-order chi connectivity index (χ0) is 48.0. The maximum absolute atomic E-state index is 7.36. The lowest BCUT2D eigenvalue weighted by molar-refractivity contribution is 0.443. The highest BCUT2D eigenvalue weighted by molar-refractivity contribution is 6.30. The number of anilines is 6. The lowest BCUT2D eigenvalue weighted by Crippen LogP contribution is -2.11. The van der Waals surface area contributed by atoms with Crippen LogP contribution in [0.4, 0.5) is 34.1 Å². The second kappa shape index (κ2) is 17.2. The smallest absolute Gasteiger partial charge is 0.159 e. The summed E-state index contributed by atoms with van der Waals surface area (Å²) in [5.74, 6) is 1.21. The van der Waals surface area contributed by atoms with Crippen LogP contribution in [-0.4, -0.2) is 0 Å². The van der Waals surface area contributed by atoms with Crippen LogP contribution in [-0.2, 0) is 0 Å². The predicted molar refractivity (Wildman–Crippen MR) is 304 cm³/mol. The van der Waals surface area contributed by atoms with Crippen molar-refractivity contribution in [2.24, 2.45) is 0 Å². The minimum Gasteiger partial charge on any atom is -0.456 e. The Labute approximate surface area is 423 Å². The monoisotopic (exact) mass is 946 g/mol. The first-order chi connectivity index (χ1) is 36.2. The number of hydrogen-bond acceptors (Lipinski definition) is 5. The summed E-state index contributed by atoms with van der Waals surface area (Å²) < 4.78 is 21.0. The average Bonchev–Trinajstić information content (AvgIpc) is 4.17. The SMILES string of the molecule is c1ccc2c(c1)oc1c(N(c3ccc(C4CCCCC4)cc3)c3cc4oc5cc(N(c6ccc(C7CCCCC7)cc6)c6cccc7c6oc6ccccc67)c6ccccc6c5c4c4ccccc34)cccc12. The molecule has 2 aliphatic rings. The molecule has 3 aromatic heterocycles. The standard InChI is InChI=1S/C68H54N2O3/c1-3-17-43(18-4-1)45-33-37-47(38-34-45)69(57-29-15-27-55-51-23-11-13-31-61(51)72-67(55)57)59-41-63-65(53-25-9-7-21-49(53)59)66-54-26-10-8-22-50(54)60(42-64(66)71-63)70(48-39-35-46(36-40-48)44-19-5-2-6-20-44)58-30-16-28-56-52-24-12-14-32-62(52)73-68(56)58/h7-16,21-44H,1-6,17-20H2. The summed E-state index contributed by atoms with van der Waals surface area (Å²) in [5.41, 5.74) is 14.2. The van der Waals surface area contributed by atoms with Gasteiger partial charge in [-0.15, -0.1) is 0 Å². The van der Waals surface area contributed by atoms with Gasteiger partial charge >= 0.3 is 0 Å². The van der Waals surface area contributed by atoms with Crippen LogP contribution in [0.2, 0.25) is 0 Å². The van der Waals surface area contributed by atoms with Crippen molar-refractivity contribution >= 4 is 121 Å². The zero-order valence-electron chi connectivity index (χ0n) is 40.8. The Morgan fingerprint density at radius 3 is 1.08 bits per heavy atom. The molecule has 73 heavy (non-hydrogen) atoms. The van der Waals surface area contributed by atoms with E-state index in [1.54, 1.807) is 0 Å². The van der Waals surface area contributed by atoms with Crippen molar-refractivity contribution in [3.63, 3.8) is 0 Å². The summed E-state index contributed by atoms with van der Waals surface area (Å²) in [6.45, 7) is 0. The van der Waals surface area contributed by atoms with Crippen LogP contribution in [0.5, 0.6) is 0 Å². The quantitative estimate of drug-likeness (QED) is 0.152. The van der Waals surface area contributed by atoms with E-state index >= 15 is 0 Å². The van der Waals surface area contributed by atoms with Gasteiger partial charge in [0.15, 0.2) is 11.2 Å². The third-order valence-electron chi connectivity index (χ3n) is 16.6. The first kappa shape index (κ1) is 42.4.